The third-order valence-electron chi connectivity index (χ3n) is 2.61. The summed E-state index contributed by atoms with van der Waals surface area (Å²) in [6, 6.07) is 1.89. The van der Waals surface area contributed by atoms with Gasteiger partial charge in [0.25, 0.3) is 0 Å². The second-order valence-corrected chi connectivity index (χ2v) is 4.51. The number of nitrogens with zero attached hydrogens (tertiary/aromatic N) is 4. The molecule has 2 heterocycles. The average molecular weight is 273 g/mol. The van der Waals surface area contributed by atoms with Crippen molar-refractivity contribution in [1.82, 2.24) is 19.9 Å². The lowest BCUT2D eigenvalue weighted by Gasteiger charge is -2.08. The zero-order valence-electron chi connectivity index (χ0n) is 12.1. The van der Waals surface area contributed by atoms with Crippen LogP contribution in [0.15, 0.2) is 18.5 Å². The maximum absolute atomic E-state index is 5.14. The first-order chi connectivity index (χ1) is 9.72. The molecule has 0 amide bonds. The van der Waals surface area contributed by atoms with Gasteiger partial charge < -0.3 is 10.1 Å². The van der Waals surface area contributed by atoms with Gasteiger partial charge in [0.15, 0.2) is 11.6 Å². The molecule has 0 radical (unpaired) electrons. The van der Waals surface area contributed by atoms with E-state index in [-0.39, 0.29) is 0 Å². The van der Waals surface area contributed by atoms with Crippen LogP contribution in [0.4, 0.5) is 5.82 Å². The van der Waals surface area contributed by atoms with Crippen LogP contribution in [0.5, 0.6) is 0 Å². The lowest BCUT2D eigenvalue weighted by Crippen LogP contribution is -2.07. The van der Waals surface area contributed by atoms with Crippen LogP contribution in [0.1, 0.15) is 24.6 Å². The van der Waals surface area contributed by atoms with Gasteiger partial charge in [-0.25, -0.2) is 19.9 Å². The number of nitrogens with one attached hydrogen (secondary N) is 1. The van der Waals surface area contributed by atoms with Crippen molar-refractivity contribution in [3.8, 4) is 11.6 Å². The summed E-state index contributed by atoms with van der Waals surface area (Å²) in [5, 5.41) is 3.25. The third kappa shape index (κ3) is 3.71. The molecule has 0 fully saturated rings. The first kappa shape index (κ1) is 14.3. The van der Waals surface area contributed by atoms with E-state index in [2.05, 4.69) is 32.2 Å². The number of hydrogen-bond donors (Lipinski definition) is 1. The molecule has 0 saturated carbocycles. The monoisotopic (exact) mass is 273 g/mol. The SMILES string of the molecule is CCCNc1cc(COC)nc(-c2ncc(C)cn2)n1. The van der Waals surface area contributed by atoms with E-state index in [4.69, 9.17) is 4.74 Å². The third-order valence-corrected chi connectivity index (χ3v) is 2.61. The fraction of sp³-hybridized carbons (Fsp3) is 0.429. The number of methoxy groups -OCH3 is 1. The Labute approximate surface area is 118 Å². The molecule has 0 atom stereocenters. The molecule has 0 aliphatic carbocycles. The number of aryl methyl sites for hydroxylation is 1. The van der Waals surface area contributed by atoms with Crippen molar-refractivity contribution >= 4 is 5.82 Å². The molecule has 2 rings (SSSR count). The van der Waals surface area contributed by atoms with E-state index >= 15 is 0 Å². The Bertz CT molecular complexity index is 556. The summed E-state index contributed by atoms with van der Waals surface area (Å²) in [4.78, 5) is 17.4. The van der Waals surface area contributed by atoms with E-state index in [1.165, 1.54) is 0 Å². The van der Waals surface area contributed by atoms with E-state index in [1.807, 2.05) is 13.0 Å². The van der Waals surface area contributed by atoms with Crippen LogP contribution in [0.25, 0.3) is 11.6 Å². The first-order valence-electron chi connectivity index (χ1n) is 6.62. The van der Waals surface area contributed by atoms with Gasteiger partial charge in [0.2, 0.25) is 0 Å². The second-order valence-electron chi connectivity index (χ2n) is 4.51. The molecule has 106 valence electrons. The Morgan fingerprint density at radius 3 is 2.55 bits per heavy atom. The van der Waals surface area contributed by atoms with E-state index in [9.17, 15) is 0 Å². The van der Waals surface area contributed by atoms with E-state index in [1.54, 1.807) is 19.5 Å². The molecule has 0 unspecified atom stereocenters. The van der Waals surface area contributed by atoms with Crippen LogP contribution < -0.4 is 5.32 Å². The molecule has 0 aromatic carbocycles. The van der Waals surface area contributed by atoms with Crippen molar-refractivity contribution < 1.29 is 4.74 Å². The maximum atomic E-state index is 5.14. The topological polar surface area (TPSA) is 72.8 Å². The highest BCUT2D eigenvalue weighted by Gasteiger charge is 2.09. The fourth-order valence-electron chi connectivity index (χ4n) is 1.67. The summed E-state index contributed by atoms with van der Waals surface area (Å²) in [6.45, 7) is 5.34. The molecule has 0 aliphatic rings. The predicted octanol–water partition coefficient (Wildman–Crippen LogP) is 2.21. The molecule has 20 heavy (non-hydrogen) atoms. The standard InChI is InChI=1S/C14H19N5O/c1-4-5-15-12-6-11(9-20-3)18-14(19-12)13-16-7-10(2)8-17-13/h6-8H,4-5,9H2,1-3H3,(H,15,18,19). The Morgan fingerprint density at radius 2 is 1.90 bits per heavy atom. The molecule has 2 aromatic rings. The highest BCUT2D eigenvalue weighted by atomic mass is 16.5. The molecule has 6 nitrogen and oxygen atoms in total. The quantitative estimate of drug-likeness (QED) is 0.870. The summed E-state index contributed by atoms with van der Waals surface area (Å²) in [7, 11) is 1.64. The number of aromatic nitrogens is 4. The van der Waals surface area contributed by atoms with Crippen LogP contribution in [0.3, 0.4) is 0 Å². The largest absolute Gasteiger partial charge is 0.378 e. The minimum absolute atomic E-state index is 0.433. The van der Waals surface area contributed by atoms with E-state index in [0.29, 0.717) is 18.3 Å². The highest BCUT2D eigenvalue weighted by Crippen LogP contribution is 2.15. The molecular weight excluding hydrogens is 254 g/mol. The summed E-state index contributed by atoms with van der Waals surface area (Å²) >= 11 is 0. The number of anilines is 1. The molecule has 0 bridgehead atoms. The van der Waals surface area contributed by atoms with Crippen molar-refractivity contribution in [2.45, 2.75) is 26.9 Å². The van der Waals surface area contributed by atoms with Gasteiger partial charge in [-0.2, -0.15) is 0 Å². The number of ether oxygens (including phenoxy) is 1. The van der Waals surface area contributed by atoms with Gasteiger partial charge in [0.05, 0.1) is 12.3 Å². The van der Waals surface area contributed by atoms with Crippen molar-refractivity contribution in [1.29, 1.82) is 0 Å². The second kappa shape index (κ2) is 6.91. The van der Waals surface area contributed by atoms with E-state index < -0.39 is 0 Å². The van der Waals surface area contributed by atoms with Gasteiger partial charge in [-0.15, -0.1) is 0 Å². The van der Waals surface area contributed by atoms with Crippen molar-refractivity contribution in [2.24, 2.45) is 0 Å². The molecule has 1 N–H and O–H groups in total. The normalized spacial score (nSPS) is 10.6. The number of rotatable bonds is 6. The van der Waals surface area contributed by atoms with Gasteiger partial charge in [-0.05, 0) is 18.9 Å². The summed E-state index contributed by atoms with van der Waals surface area (Å²) in [6.07, 6.45) is 4.54. The van der Waals surface area contributed by atoms with Gasteiger partial charge in [0, 0.05) is 32.1 Å². The Kier molecular flexibility index (Phi) is 4.95. The van der Waals surface area contributed by atoms with Crippen LogP contribution in [-0.4, -0.2) is 33.6 Å². The van der Waals surface area contributed by atoms with Crippen LogP contribution in [0.2, 0.25) is 0 Å². The highest BCUT2D eigenvalue weighted by molar-refractivity contribution is 5.49. The van der Waals surface area contributed by atoms with Gasteiger partial charge in [0.1, 0.15) is 5.82 Å². The Hall–Kier alpha value is -2.08. The smallest absolute Gasteiger partial charge is 0.200 e. The molecule has 0 saturated heterocycles. The fourth-order valence-corrected chi connectivity index (χ4v) is 1.67. The van der Waals surface area contributed by atoms with Gasteiger partial charge in [-0.1, -0.05) is 6.92 Å². The Balaban J connectivity index is 2.34. The molecular formula is C14H19N5O. The average Bonchev–Trinajstić information content (AvgIpc) is 2.46. The summed E-state index contributed by atoms with van der Waals surface area (Å²) in [5.41, 5.74) is 1.81. The van der Waals surface area contributed by atoms with Gasteiger partial charge >= 0.3 is 0 Å². The molecule has 0 aliphatic heterocycles. The maximum Gasteiger partial charge on any atom is 0.200 e. The van der Waals surface area contributed by atoms with Crippen molar-refractivity contribution in [2.75, 3.05) is 19.0 Å². The first-order valence-corrected chi connectivity index (χ1v) is 6.62. The lowest BCUT2D eigenvalue weighted by molar-refractivity contribution is 0.181. The lowest BCUT2D eigenvalue weighted by atomic mass is 10.3. The number of hydrogen-bond acceptors (Lipinski definition) is 6. The molecule has 0 spiro atoms. The molecule has 2 aromatic heterocycles. The minimum Gasteiger partial charge on any atom is -0.378 e. The van der Waals surface area contributed by atoms with Crippen molar-refractivity contribution in [3.63, 3.8) is 0 Å². The zero-order valence-corrected chi connectivity index (χ0v) is 12.1. The Morgan fingerprint density at radius 1 is 1.15 bits per heavy atom. The minimum atomic E-state index is 0.433. The van der Waals surface area contributed by atoms with Crippen molar-refractivity contribution in [3.05, 3.63) is 29.7 Å². The van der Waals surface area contributed by atoms with Crippen LogP contribution >= 0.6 is 0 Å². The van der Waals surface area contributed by atoms with Crippen LogP contribution in [0, 0.1) is 6.92 Å². The van der Waals surface area contributed by atoms with E-state index in [0.717, 1.165) is 30.0 Å². The van der Waals surface area contributed by atoms with Gasteiger partial charge in [-0.3, -0.25) is 0 Å². The summed E-state index contributed by atoms with van der Waals surface area (Å²) in [5.74, 6) is 1.80. The molecule has 6 heteroatoms. The zero-order chi connectivity index (χ0) is 14.4. The summed E-state index contributed by atoms with van der Waals surface area (Å²) < 4.78 is 5.14. The predicted molar refractivity (Wildman–Crippen MR) is 77.3 cm³/mol. The van der Waals surface area contributed by atoms with Crippen LogP contribution in [-0.2, 0) is 11.3 Å².